The van der Waals surface area contributed by atoms with E-state index in [1.54, 1.807) is 25.7 Å². The fourth-order valence-corrected chi connectivity index (χ4v) is 2.84. The molecule has 0 aromatic carbocycles. The minimum absolute atomic E-state index is 0.879. The van der Waals surface area contributed by atoms with Crippen LogP contribution in [0.2, 0.25) is 0 Å². The molecule has 2 aliphatic rings. The number of rotatable bonds is 1. The fourth-order valence-electron chi connectivity index (χ4n) is 2.84. The van der Waals surface area contributed by atoms with Crippen LogP contribution in [-0.2, 0) is 0 Å². The van der Waals surface area contributed by atoms with E-state index in [1.165, 1.54) is 19.3 Å². The lowest BCUT2D eigenvalue weighted by Gasteiger charge is -2.18. The van der Waals surface area contributed by atoms with E-state index in [0.29, 0.717) is 0 Å². The molecule has 12 heavy (non-hydrogen) atoms. The predicted molar refractivity (Wildman–Crippen MR) is 53.1 cm³/mol. The largest absolute Gasteiger partial charge is 0.0625 e. The number of hydrogen-bond donors (Lipinski definition) is 0. The van der Waals surface area contributed by atoms with Crippen molar-refractivity contribution in [1.82, 2.24) is 0 Å². The third-order valence-electron chi connectivity index (χ3n) is 4.23. The molecule has 0 N–H and O–H groups in total. The molecular weight excluding hydrogens is 144 g/mol. The van der Waals surface area contributed by atoms with Crippen molar-refractivity contribution >= 4 is 0 Å². The van der Waals surface area contributed by atoms with E-state index in [1.807, 2.05) is 0 Å². The van der Waals surface area contributed by atoms with Gasteiger partial charge in [-0.3, -0.25) is 0 Å². The second-order valence-electron chi connectivity index (χ2n) is 5.44. The first-order chi connectivity index (χ1) is 5.72. The van der Waals surface area contributed by atoms with E-state index in [9.17, 15) is 0 Å². The summed E-state index contributed by atoms with van der Waals surface area (Å²) in [5.74, 6) is 1.98. The van der Waals surface area contributed by atoms with E-state index < -0.39 is 0 Å². The molecule has 0 heteroatoms. The lowest BCUT2D eigenvalue weighted by atomic mass is 9.88. The Hall–Kier alpha value is 0. The highest BCUT2D eigenvalue weighted by Crippen LogP contribution is 2.56. The zero-order chi connectivity index (χ0) is 8.60. The highest BCUT2D eigenvalue weighted by molar-refractivity contribution is 4.94. The van der Waals surface area contributed by atoms with Gasteiger partial charge in [-0.1, -0.05) is 26.7 Å². The Morgan fingerprint density at radius 2 is 1.75 bits per heavy atom. The molecule has 0 bridgehead atoms. The normalized spacial score (nSPS) is 33.8. The smallest absolute Gasteiger partial charge is 0.0297 e. The van der Waals surface area contributed by atoms with Gasteiger partial charge in [-0.05, 0) is 49.4 Å². The Morgan fingerprint density at radius 1 is 1.00 bits per heavy atom. The Bertz CT molecular complexity index is 153. The molecular formula is C12H22. The summed E-state index contributed by atoms with van der Waals surface area (Å²) in [5, 5.41) is 0. The summed E-state index contributed by atoms with van der Waals surface area (Å²) in [6.07, 6.45) is 10.8. The van der Waals surface area contributed by atoms with Gasteiger partial charge in [0.05, 0.1) is 0 Å². The molecule has 1 unspecified atom stereocenters. The average molecular weight is 166 g/mol. The highest BCUT2D eigenvalue weighted by Gasteiger charge is 2.43. The lowest BCUT2D eigenvalue weighted by molar-refractivity contribution is 0.333. The SMILES string of the molecule is CC(C)C1CCCC2(CC1)CC2. The Balaban J connectivity index is 1.89. The van der Waals surface area contributed by atoms with Crippen LogP contribution in [0.25, 0.3) is 0 Å². The van der Waals surface area contributed by atoms with Crippen molar-refractivity contribution in [2.75, 3.05) is 0 Å². The van der Waals surface area contributed by atoms with Gasteiger partial charge in [-0.25, -0.2) is 0 Å². The van der Waals surface area contributed by atoms with Gasteiger partial charge in [-0.15, -0.1) is 0 Å². The summed E-state index contributed by atoms with van der Waals surface area (Å²) in [4.78, 5) is 0. The number of hydrogen-bond acceptors (Lipinski definition) is 0. The van der Waals surface area contributed by atoms with Crippen LogP contribution < -0.4 is 0 Å². The van der Waals surface area contributed by atoms with Gasteiger partial charge in [0.25, 0.3) is 0 Å². The van der Waals surface area contributed by atoms with E-state index in [4.69, 9.17) is 0 Å². The summed E-state index contributed by atoms with van der Waals surface area (Å²) in [6.45, 7) is 4.80. The first kappa shape index (κ1) is 8.59. The maximum atomic E-state index is 2.40. The second kappa shape index (κ2) is 3.05. The van der Waals surface area contributed by atoms with Crippen LogP contribution in [0.3, 0.4) is 0 Å². The summed E-state index contributed by atoms with van der Waals surface area (Å²) >= 11 is 0. The molecule has 70 valence electrons. The topological polar surface area (TPSA) is 0 Å². The minimum atomic E-state index is 0.879. The van der Waals surface area contributed by atoms with E-state index >= 15 is 0 Å². The zero-order valence-corrected chi connectivity index (χ0v) is 8.60. The predicted octanol–water partition coefficient (Wildman–Crippen LogP) is 4.00. The Morgan fingerprint density at radius 3 is 2.33 bits per heavy atom. The molecule has 2 fully saturated rings. The van der Waals surface area contributed by atoms with Crippen LogP contribution in [0.5, 0.6) is 0 Å². The molecule has 0 saturated heterocycles. The molecule has 1 spiro atoms. The zero-order valence-electron chi connectivity index (χ0n) is 8.60. The standard InChI is InChI=1S/C12H22/c1-10(2)11-4-3-6-12(7-5-11)8-9-12/h10-11H,3-9H2,1-2H3. The molecule has 0 aliphatic heterocycles. The van der Waals surface area contributed by atoms with Gasteiger partial charge in [0, 0.05) is 0 Å². The molecule has 0 heterocycles. The molecule has 0 aromatic heterocycles. The van der Waals surface area contributed by atoms with Crippen molar-refractivity contribution in [2.45, 2.75) is 58.8 Å². The van der Waals surface area contributed by atoms with Gasteiger partial charge in [0.1, 0.15) is 0 Å². The molecule has 0 radical (unpaired) electrons. The second-order valence-corrected chi connectivity index (χ2v) is 5.44. The van der Waals surface area contributed by atoms with E-state index in [-0.39, 0.29) is 0 Å². The first-order valence-corrected chi connectivity index (χ1v) is 5.72. The molecule has 2 aliphatic carbocycles. The van der Waals surface area contributed by atoms with E-state index in [0.717, 1.165) is 17.3 Å². The van der Waals surface area contributed by atoms with Crippen LogP contribution in [-0.4, -0.2) is 0 Å². The highest BCUT2D eigenvalue weighted by atomic mass is 14.5. The summed E-state index contributed by atoms with van der Waals surface area (Å²) < 4.78 is 0. The average Bonchev–Trinajstić information content (AvgIpc) is 2.80. The quantitative estimate of drug-likeness (QED) is 0.552. The van der Waals surface area contributed by atoms with Gasteiger partial charge in [-0.2, -0.15) is 0 Å². The molecule has 0 aromatic rings. The van der Waals surface area contributed by atoms with Crippen LogP contribution in [0.4, 0.5) is 0 Å². The summed E-state index contributed by atoms with van der Waals surface area (Å²) in [5.41, 5.74) is 0.879. The molecule has 0 amide bonds. The van der Waals surface area contributed by atoms with Crippen LogP contribution >= 0.6 is 0 Å². The van der Waals surface area contributed by atoms with Gasteiger partial charge >= 0.3 is 0 Å². The van der Waals surface area contributed by atoms with Crippen molar-refractivity contribution in [1.29, 1.82) is 0 Å². The third-order valence-corrected chi connectivity index (χ3v) is 4.23. The van der Waals surface area contributed by atoms with Crippen molar-refractivity contribution in [3.05, 3.63) is 0 Å². The van der Waals surface area contributed by atoms with Crippen LogP contribution in [0, 0.1) is 17.3 Å². The van der Waals surface area contributed by atoms with Gasteiger partial charge < -0.3 is 0 Å². The Kier molecular flexibility index (Phi) is 2.18. The van der Waals surface area contributed by atoms with Gasteiger partial charge in [0.15, 0.2) is 0 Å². The monoisotopic (exact) mass is 166 g/mol. The van der Waals surface area contributed by atoms with Crippen molar-refractivity contribution in [3.63, 3.8) is 0 Å². The summed E-state index contributed by atoms with van der Waals surface area (Å²) in [6, 6.07) is 0. The Labute approximate surface area is 76.7 Å². The first-order valence-electron chi connectivity index (χ1n) is 5.72. The van der Waals surface area contributed by atoms with Crippen LogP contribution in [0.15, 0.2) is 0 Å². The third kappa shape index (κ3) is 1.67. The maximum Gasteiger partial charge on any atom is -0.0297 e. The van der Waals surface area contributed by atoms with Crippen molar-refractivity contribution < 1.29 is 0 Å². The fraction of sp³-hybridized carbons (Fsp3) is 1.00. The molecule has 2 saturated carbocycles. The molecule has 0 nitrogen and oxygen atoms in total. The lowest BCUT2D eigenvalue weighted by Crippen LogP contribution is -2.07. The van der Waals surface area contributed by atoms with E-state index in [2.05, 4.69) is 13.8 Å². The van der Waals surface area contributed by atoms with Crippen molar-refractivity contribution in [2.24, 2.45) is 17.3 Å². The van der Waals surface area contributed by atoms with Crippen LogP contribution in [0.1, 0.15) is 58.8 Å². The van der Waals surface area contributed by atoms with Crippen molar-refractivity contribution in [3.8, 4) is 0 Å². The van der Waals surface area contributed by atoms with Gasteiger partial charge in [0.2, 0.25) is 0 Å². The summed E-state index contributed by atoms with van der Waals surface area (Å²) in [7, 11) is 0. The molecule has 2 rings (SSSR count). The minimum Gasteiger partial charge on any atom is -0.0625 e. The maximum absolute atomic E-state index is 2.40. The molecule has 1 atom stereocenters.